The van der Waals surface area contributed by atoms with Gasteiger partial charge in [-0.25, -0.2) is 18.8 Å². The van der Waals surface area contributed by atoms with Crippen molar-refractivity contribution in [3.8, 4) is 0 Å². The standard InChI is InChI=1S/C24H25FN4O7/c1-15(30)26-10-19-13-28(23(33)36-19)17-7-8-21(20(25)9-17)29(18-11-27(12-18)22(31)32)24(34)35-14-16-5-3-2-4-6-16/h2-9,18-19H,10-14H2,1H3,(H,26,30)(H,31,32)/t19-/m0/s1. The first-order chi connectivity index (χ1) is 17.2. The molecule has 0 aliphatic carbocycles. The van der Waals surface area contributed by atoms with E-state index in [0.717, 1.165) is 21.4 Å². The molecule has 2 saturated heterocycles. The van der Waals surface area contributed by atoms with E-state index in [-0.39, 0.29) is 50.1 Å². The lowest BCUT2D eigenvalue weighted by atomic mass is 10.1. The molecule has 2 aromatic rings. The van der Waals surface area contributed by atoms with Gasteiger partial charge in [-0.15, -0.1) is 0 Å². The number of nitrogens with one attached hydrogen (secondary N) is 1. The van der Waals surface area contributed by atoms with Gasteiger partial charge >= 0.3 is 18.3 Å². The van der Waals surface area contributed by atoms with E-state index in [0.29, 0.717) is 0 Å². The Morgan fingerprint density at radius 1 is 1.17 bits per heavy atom. The lowest BCUT2D eigenvalue weighted by Gasteiger charge is -2.43. The second-order valence-corrected chi connectivity index (χ2v) is 8.44. The van der Waals surface area contributed by atoms with E-state index in [2.05, 4.69) is 5.32 Å². The number of carbonyl (C=O) groups is 4. The third kappa shape index (κ3) is 5.48. The molecular weight excluding hydrogens is 475 g/mol. The summed E-state index contributed by atoms with van der Waals surface area (Å²) in [6.45, 7) is 1.54. The van der Waals surface area contributed by atoms with Crippen molar-refractivity contribution in [3.05, 3.63) is 59.9 Å². The fraction of sp³-hybridized carbons (Fsp3) is 0.333. The van der Waals surface area contributed by atoms with Gasteiger partial charge in [-0.2, -0.15) is 0 Å². The van der Waals surface area contributed by atoms with E-state index >= 15 is 4.39 Å². The van der Waals surface area contributed by atoms with Crippen LogP contribution in [0.15, 0.2) is 48.5 Å². The zero-order valence-corrected chi connectivity index (χ0v) is 19.4. The summed E-state index contributed by atoms with van der Waals surface area (Å²) in [5.74, 6) is -1.06. The molecule has 2 aliphatic rings. The Bertz CT molecular complexity index is 1160. The summed E-state index contributed by atoms with van der Waals surface area (Å²) in [6.07, 6.45) is -3.24. The van der Waals surface area contributed by atoms with Crippen molar-refractivity contribution in [1.82, 2.24) is 10.2 Å². The predicted molar refractivity (Wildman–Crippen MR) is 125 cm³/mol. The molecule has 190 valence electrons. The van der Waals surface area contributed by atoms with Gasteiger partial charge < -0.3 is 24.8 Å². The highest BCUT2D eigenvalue weighted by molar-refractivity contribution is 5.92. The maximum atomic E-state index is 15.3. The summed E-state index contributed by atoms with van der Waals surface area (Å²) in [7, 11) is 0. The average molecular weight is 500 g/mol. The average Bonchev–Trinajstić information content (AvgIpc) is 3.19. The van der Waals surface area contributed by atoms with E-state index in [1.807, 2.05) is 6.07 Å². The number of benzene rings is 2. The summed E-state index contributed by atoms with van der Waals surface area (Å²) in [4.78, 5) is 51.0. The van der Waals surface area contributed by atoms with Crippen molar-refractivity contribution in [3.63, 3.8) is 0 Å². The van der Waals surface area contributed by atoms with Crippen molar-refractivity contribution in [2.24, 2.45) is 0 Å². The van der Waals surface area contributed by atoms with Gasteiger partial charge in [0.25, 0.3) is 0 Å². The number of amides is 4. The lowest BCUT2D eigenvalue weighted by Crippen LogP contribution is -2.62. The molecule has 4 amide bonds. The third-order valence-electron chi connectivity index (χ3n) is 5.86. The van der Waals surface area contributed by atoms with Crippen LogP contribution in [0.1, 0.15) is 12.5 Å². The molecule has 11 nitrogen and oxygen atoms in total. The molecule has 2 fully saturated rings. The highest BCUT2D eigenvalue weighted by atomic mass is 19.1. The van der Waals surface area contributed by atoms with Gasteiger partial charge in [0, 0.05) is 20.0 Å². The number of halogens is 1. The first-order valence-corrected chi connectivity index (χ1v) is 11.2. The second-order valence-electron chi connectivity index (χ2n) is 8.44. The van der Waals surface area contributed by atoms with Gasteiger partial charge in [-0.3, -0.25) is 14.6 Å². The Morgan fingerprint density at radius 2 is 1.89 bits per heavy atom. The number of cyclic esters (lactones) is 1. The summed E-state index contributed by atoms with van der Waals surface area (Å²) < 4.78 is 25.9. The van der Waals surface area contributed by atoms with Gasteiger partial charge in [0.2, 0.25) is 5.91 Å². The number of likely N-dealkylation sites (tertiary alicyclic amines) is 1. The van der Waals surface area contributed by atoms with Gasteiger partial charge in [0.15, 0.2) is 0 Å². The minimum atomic E-state index is -1.14. The molecule has 1 atom stereocenters. The van der Waals surface area contributed by atoms with E-state index in [9.17, 15) is 19.2 Å². The van der Waals surface area contributed by atoms with Gasteiger partial charge in [-0.1, -0.05) is 30.3 Å². The number of carbonyl (C=O) groups excluding carboxylic acids is 3. The molecule has 0 aromatic heterocycles. The molecule has 0 saturated carbocycles. The van der Waals surface area contributed by atoms with Gasteiger partial charge in [-0.05, 0) is 23.8 Å². The van der Waals surface area contributed by atoms with Crippen LogP contribution >= 0.6 is 0 Å². The van der Waals surface area contributed by atoms with E-state index in [1.54, 1.807) is 24.3 Å². The first kappa shape index (κ1) is 24.8. The van der Waals surface area contributed by atoms with Gasteiger partial charge in [0.1, 0.15) is 18.5 Å². The molecule has 0 unspecified atom stereocenters. The topological polar surface area (TPSA) is 129 Å². The van der Waals surface area contributed by atoms with Crippen molar-refractivity contribution in [1.29, 1.82) is 0 Å². The highest BCUT2D eigenvalue weighted by Gasteiger charge is 2.40. The number of hydrogen-bond acceptors (Lipinski definition) is 6. The Morgan fingerprint density at radius 3 is 2.53 bits per heavy atom. The molecule has 2 aliphatic heterocycles. The van der Waals surface area contributed by atoms with E-state index in [1.165, 1.54) is 24.0 Å². The molecule has 0 bridgehead atoms. The van der Waals surface area contributed by atoms with E-state index in [4.69, 9.17) is 14.6 Å². The number of carboxylic acid groups (broad SMARTS) is 1. The van der Waals surface area contributed by atoms with Crippen LogP contribution in [0.3, 0.4) is 0 Å². The SMILES string of the molecule is CC(=O)NC[C@H]1CN(c2ccc(N(C(=O)OCc3ccccc3)C3CN(C(=O)O)C3)c(F)c2)C(=O)O1. The Kier molecular flexibility index (Phi) is 7.23. The predicted octanol–water partition coefficient (Wildman–Crippen LogP) is 2.79. The fourth-order valence-electron chi connectivity index (χ4n) is 3.96. The maximum Gasteiger partial charge on any atom is 0.415 e. The van der Waals surface area contributed by atoms with Crippen molar-refractivity contribution in [2.45, 2.75) is 25.7 Å². The smallest absolute Gasteiger partial charge is 0.415 e. The fourth-order valence-corrected chi connectivity index (χ4v) is 3.96. The molecule has 0 spiro atoms. The van der Waals surface area contributed by atoms with Crippen LogP contribution in [0, 0.1) is 5.82 Å². The lowest BCUT2D eigenvalue weighted by molar-refractivity contribution is -0.119. The number of nitrogens with zero attached hydrogens (tertiary/aromatic N) is 3. The zero-order chi connectivity index (χ0) is 25.8. The number of anilines is 2. The largest absolute Gasteiger partial charge is 0.465 e. The van der Waals surface area contributed by atoms with E-state index < -0.39 is 36.2 Å². The van der Waals surface area contributed by atoms with Crippen LogP contribution in [0.4, 0.5) is 30.1 Å². The Hall–Kier alpha value is -4.35. The molecular formula is C24H25FN4O7. The second kappa shape index (κ2) is 10.5. The summed E-state index contributed by atoms with van der Waals surface area (Å²) in [5.41, 5.74) is 0.850. The van der Waals surface area contributed by atoms with Crippen molar-refractivity contribution in [2.75, 3.05) is 36.0 Å². The summed E-state index contributed by atoms with van der Waals surface area (Å²) >= 11 is 0. The van der Waals surface area contributed by atoms with Crippen LogP contribution in [-0.4, -0.2) is 72.5 Å². The summed E-state index contributed by atoms with van der Waals surface area (Å²) in [6, 6.07) is 12.2. The van der Waals surface area contributed by atoms with Crippen LogP contribution < -0.4 is 15.1 Å². The Balaban J connectivity index is 1.51. The molecule has 2 N–H and O–H groups in total. The number of ether oxygens (including phenoxy) is 2. The molecule has 36 heavy (non-hydrogen) atoms. The normalized spacial score (nSPS) is 17.3. The Labute approximate surface area is 206 Å². The zero-order valence-electron chi connectivity index (χ0n) is 19.4. The minimum absolute atomic E-state index is 0.000240. The maximum absolute atomic E-state index is 15.3. The minimum Gasteiger partial charge on any atom is -0.465 e. The third-order valence-corrected chi connectivity index (χ3v) is 5.86. The molecule has 4 rings (SSSR count). The summed E-state index contributed by atoms with van der Waals surface area (Å²) in [5, 5.41) is 11.7. The van der Waals surface area contributed by atoms with Crippen molar-refractivity contribution < 1.29 is 38.1 Å². The molecule has 2 aromatic carbocycles. The first-order valence-electron chi connectivity index (χ1n) is 11.2. The number of rotatable bonds is 7. The van der Waals surface area contributed by atoms with Crippen LogP contribution in [-0.2, 0) is 20.9 Å². The quantitative estimate of drug-likeness (QED) is 0.598. The highest BCUT2D eigenvalue weighted by Crippen LogP contribution is 2.31. The van der Waals surface area contributed by atoms with Crippen LogP contribution in [0.2, 0.25) is 0 Å². The monoisotopic (exact) mass is 500 g/mol. The molecule has 12 heteroatoms. The molecule has 0 radical (unpaired) electrons. The number of hydrogen-bond donors (Lipinski definition) is 2. The van der Waals surface area contributed by atoms with Gasteiger partial charge in [0.05, 0.1) is 30.5 Å². The molecule has 2 heterocycles. The van der Waals surface area contributed by atoms with Crippen LogP contribution in [0.25, 0.3) is 0 Å². The van der Waals surface area contributed by atoms with Crippen molar-refractivity contribution >= 4 is 35.6 Å². The van der Waals surface area contributed by atoms with Crippen LogP contribution in [0.5, 0.6) is 0 Å².